The molecule has 0 aliphatic carbocycles. The van der Waals surface area contributed by atoms with Crippen molar-refractivity contribution in [3.63, 3.8) is 0 Å². The summed E-state index contributed by atoms with van der Waals surface area (Å²) in [7, 11) is 0. The van der Waals surface area contributed by atoms with Crippen LogP contribution in [0.3, 0.4) is 0 Å². The number of rotatable bonds is 4. The Balaban J connectivity index is 2.13. The average molecular weight is 352 g/mol. The monoisotopic (exact) mass is 352 g/mol. The number of esters is 1. The van der Waals surface area contributed by atoms with E-state index in [1.54, 1.807) is 13.0 Å². The first-order chi connectivity index (χ1) is 10.9. The van der Waals surface area contributed by atoms with E-state index in [0.29, 0.717) is 10.6 Å². The molecular weight excluding hydrogens is 336 g/mol. The third kappa shape index (κ3) is 3.96. The third-order valence-corrected chi connectivity index (χ3v) is 4.39. The molecule has 2 aromatic heterocycles. The quantitative estimate of drug-likeness (QED) is 0.649. The van der Waals surface area contributed by atoms with Crippen LogP contribution in [0.25, 0.3) is 0 Å². The predicted molar refractivity (Wildman–Crippen MR) is 92.1 cm³/mol. The molecule has 6 nitrogen and oxygen atoms in total. The fourth-order valence-corrected chi connectivity index (χ4v) is 3.18. The molecular formula is C15H16N2O4S2. The highest BCUT2D eigenvalue weighted by atomic mass is 32.1. The van der Waals surface area contributed by atoms with Gasteiger partial charge in [-0.2, -0.15) is 0 Å². The first-order valence-electron chi connectivity index (χ1n) is 6.87. The van der Waals surface area contributed by atoms with E-state index in [0.717, 1.165) is 10.4 Å². The second kappa shape index (κ2) is 7.38. The maximum atomic E-state index is 12.1. The van der Waals surface area contributed by atoms with E-state index < -0.39 is 11.9 Å². The molecule has 0 aliphatic heterocycles. The molecule has 0 radical (unpaired) electrons. The van der Waals surface area contributed by atoms with Crippen LogP contribution >= 0.6 is 23.6 Å². The van der Waals surface area contributed by atoms with Gasteiger partial charge in [0.05, 0.1) is 18.4 Å². The number of thiocarbonyl (C=S) groups is 1. The van der Waals surface area contributed by atoms with Gasteiger partial charge in [0.1, 0.15) is 5.00 Å². The number of hydrogen-bond acceptors (Lipinski definition) is 6. The SMILES string of the molecule is CCOC(=O)c1c(NC(=S)NC(=O)c2ccco2)sc(C)c1C. The van der Waals surface area contributed by atoms with Gasteiger partial charge in [0.2, 0.25) is 0 Å². The summed E-state index contributed by atoms with van der Waals surface area (Å²) in [4.78, 5) is 24.9. The lowest BCUT2D eigenvalue weighted by Crippen LogP contribution is -2.34. The Kier molecular flexibility index (Phi) is 5.51. The third-order valence-electron chi connectivity index (χ3n) is 3.06. The maximum absolute atomic E-state index is 12.1. The molecule has 23 heavy (non-hydrogen) atoms. The minimum atomic E-state index is -0.463. The molecule has 0 saturated heterocycles. The number of ether oxygens (including phenoxy) is 1. The highest BCUT2D eigenvalue weighted by molar-refractivity contribution is 7.80. The van der Waals surface area contributed by atoms with Crippen LogP contribution in [0, 0.1) is 13.8 Å². The van der Waals surface area contributed by atoms with Crippen molar-refractivity contribution in [1.29, 1.82) is 0 Å². The number of nitrogens with one attached hydrogen (secondary N) is 2. The Hall–Kier alpha value is -2.19. The summed E-state index contributed by atoms with van der Waals surface area (Å²) in [5.41, 5.74) is 1.26. The molecule has 0 unspecified atom stereocenters. The zero-order chi connectivity index (χ0) is 17.0. The number of aryl methyl sites for hydroxylation is 1. The van der Waals surface area contributed by atoms with E-state index in [1.165, 1.54) is 23.7 Å². The van der Waals surface area contributed by atoms with Crippen LogP contribution in [-0.4, -0.2) is 23.6 Å². The van der Waals surface area contributed by atoms with Crippen molar-refractivity contribution in [2.75, 3.05) is 11.9 Å². The minimum Gasteiger partial charge on any atom is -0.462 e. The standard InChI is InChI=1S/C15H16N2O4S2/c1-4-20-14(19)11-8(2)9(3)23-13(11)17-15(22)16-12(18)10-6-5-7-21-10/h5-7H,4H2,1-3H3,(H2,16,17,18,22). The predicted octanol–water partition coefficient (Wildman–Crippen LogP) is 3.26. The van der Waals surface area contributed by atoms with Crippen molar-refractivity contribution in [2.24, 2.45) is 0 Å². The normalized spacial score (nSPS) is 10.2. The van der Waals surface area contributed by atoms with Gasteiger partial charge in [0, 0.05) is 4.88 Å². The number of thiophene rings is 1. The summed E-state index contributed by atoms with van der Waals surface area (Å²) in [5.74, 6) is -0.731. The molecule has 2 N–H and O–H groups in total. The van der Waals surface area contributed by atoms with E-state index in [1.807, 2.05) is 13.8 Å². The number of furan rings is 1. The molecule has 0 bridgehead atoms. The van der Waals surface area contributed by atoms with Gasteiger partial charge in [-0.3, -0.25) is 10.1 Å². The van der Waals surface area contributed by atoms with Crippen LogP contribution < -0.4 is 10.6 Å². The lowest BCUT2D eigenvalue weighted by molar-refractivity contribution is 0.0527. The summed E-state index contributed by atoms with van der Waals surface area (Å²) in [6.07, 6.45) is 1.40. The Labute approximate surface area is 142 Å². The molecule has 1 amide bonds. The first kappa shape index (κ1) is 17.2. The van der Waals surface area contributed by atoms with Gasteiger partial charge in [-0.05, 0) is 50.7 Å². The Morgan fingerprint density at radius 1 is 1.39 bits per heavy atom. The van der Waals surface area contributed by atoms with E-state index in [9.17, 15) is 9.59 Å². The molecule has 0 saturated carbocycles. The molecule has 0 aromatic carbocycles. The van der Waals surface area contributed by atoms with E-state index >= 15 is 0 Å². The van der Waals surface area contributed by atoms with E-state index in [-0.39, 0.29) is 17.5 Å². The Morgan fingerprint density at radius 2 is 2.13 bits per heavy atom. The van der Waals surface area contributed by atoms with Crippen molar-refractivity contribution < 1.29 is 18.7 Å². The zero-order valence-corrected chi connectivity index (χ0v) is 14.5. The second-order valence-corrected chi connectivity index (χ2v) is 6.23. The molecule has 2 rings (SSSR count). The highest BCUT2D eigenvalue weighted by Gasteiger charge is 2.22. The zero-order valence-electron chi connectivity index (χ0n) is 12.9. The van der Waals surface area contributed by atoms with Crippen LogP contribution in [0.2, 0.25) is 0 Å². The molecule has 2 heterocycles. The summed E-state index contributed by atoms with van der Waals surface area (Å²) in [5, 5.41) is 6.01. The van der Waals surface area contributed by atoms with Crippen LogP contribution in [0.1, 0.15) is 38.3 Å². The van der Waals surface area contributed by atoms with Gasteiger partial charge < -0.3 is 14.5 Å². The van der Waals surface area contributed by atoms with Crippen molar-refractivity contribution in [3.05, 3.63) is 40.2 Å². The van der Waals surface area contributed by atoms with Crippen molar-refractivity contribution in [1.82, 2.24) is 5.32 Å². The van der Waals surface area contributed by atoms with Crippen LogP contribution in [0.15, 0.2) is 22.8 Å². The van der Waals surface area contributed by atoms with Gasteiger partial charge in [0.25, 0.3) is 5.91 Å². The second-order valence-electron chi connectivity index (χ2n) is 4.59. The number of carbonyl (C=O) groups excluding carboxylic acids is 2. The van der Waals surface area contributed by atoms with Crippen molar-refractivity contribution in [3.8, 4) is 0 Å². The fourth-order valence-electron chi connectivity index (χ4n) is 1.87. The minimum absolute atomic E-state index is 0.0817. The van der Waals surface area contributed by atoms with Crippen molar-refractivity contribution in [2.45, 2.75) is 20.8 Å². The van der Waals surface area contributed by atoms with Gasteiger partial charge in [0.15, 0.2) is 10.9 Å². The Bertz CT molecular complexity index is 735. The van der Waals surface area contributed by atoms with Crippen LogP contribution in [0.4, 0.5) is 5.00 Å². The van der Waals surface area contributed by atoms with Crippen LogP contribution in [0.5, 0.6) is 0 Å². The molecule has 0 fully saturated rings. The van der Waals surface area contributed by atoms with Gasteiger partial charge in [-0.15, -0.1) is 11.3 Å². The number of anilines is 1. The van der Waals surface area contributed by atoms with E-state index in [4.69, 9.17) is 21.4 Å². The molecule has 0 atom stereocenters. The largest absolute Gasteiger partial charge is 0.462 e. The van der Waals surface area contributed by atoms with Gasteiger partial charge >= 0.3 is 5.97 Å². The molecule has 2 aromatic rings. The lowest BCUT2D eigenvalue weighted by atomic mass is 10.1. The summed E-state index contributed by atoms with van der Waals surface area (Å²) < 4.78 is 10.1. The average Bonchev–Trinajstić information content (AvgIpc) is 3.09. The summed E-state index contributed by atoms with van der Waals surface area (Å²) in [6.45, 7) is 5.77. The van der Waals surface area contributed by atoms with Crippen LogP contribution in [-0.2, 0) is 4.74 Å². The molecule has 8 heteroatoms. The Morgan fingerprint density at radius 3 is 2.74 bits per heavy atom. The van der Waals surface area contributed by atoms with E-state index in [2.05, 4.69) is 10.6 Å². The van der Waals surface area contributed by atoms with Gasteiger partial charge in [-0.1, -0.05) is 0 Å². The molecule has 0 spiro atoms. The topological polar surface area (TPSA) is 80.6 Å². The molecule has 122 valence electrons. The van der Waals surface area contributed by atoms with Gasteiger partial charge in [-0.25, -0.2) is 4.79 Å². The lowest BCUT2D eigenvalue weighted by Gasteiger charge is -2.09. The highest BCUT2D eigenvalue weighted by Crippen LogP contribution is 2.33. The smallest absolute Gasteiger partial charge is 0.341 e. The number of carbonyl (C=O) groups is 2. The fraction of sp³-hybridized carbons (Fsp3) is 0.267. The van der Waals surface area contributed by atoms with Crippen molar-refractivity contribution >= 4 is 45.5 Å². The maximum Gasteiger partial charge on any atom is 0.341 e. The summed E-state index contributed by atoms with van der Waals surface area (Å²) in [6, 6.07) is 3.14. The number of amides is 1. The number of hydrogen-bond donors (Lipinski definition) is 2. The first-order valence-corrected chi connectivity index (χ1v) is 8.09. The summed E-state index contributed by atoms with van der Waals surface area (Å²) >= 11 is 6.49. The molecule has 0 aliphatic rings.